The first-order valence-corrected chi connectivity index (χ1v) is 7.02. The molecule has 0 atom stereocenters. The molecule has 1 amide bonds. The number of aryl methyl sites for hydroxylation is 2. The molecule has 0 spiro atoms. The number of hydrogen-bond donors (Lipinski definition) is 1. The Morgan fingerprint density at radius 2 is 2.10 bits per heavy atom. The molecule has 6 nitrogen and oxygen atoms in total. The molecule has 106 valence electrons. The van der Waals surface area contributed by atoms with E-state index in [-0.39, 0.29) is 18.1 Å². The summed E-state index contributed by atoms with van der Waals surface area (Å²) in [6.07, 6.45) is 0.250. The third kappa shape index (κ3) is 2.93. The van der Waals surface area contributed by atoms with Crippen LogP contribution in [0.15, 0.2) is 5.38 Å². The van der Waals surface area contributed by atoms with Crippen LogP contribution < -0.4 is 5.32 Å². The van der Waals surface area contributed by atoms with Gasteiger partial charge in [0.05, 0.1) is 12.1 Å². The van der Waals surface area contributed by atoms with Crippen LogP contribution in [0.3, 0.4) is 0 Å². The van der Waals surface area contributed by atoms with E-state index < -0.39 is 0 Å². The maximum absolute atomic E-state index is 12.0. The quantitative estimate of drug-likeness (QED) is 0.873. The van der Waals surface area contributed by atoms with Crippen molar-refractivity contribution >= 4 is 28.2 Å². The zero-order valence-electron chi connectivity index (χ0n) is 11.9. The molecule has 0 saturated heterocycles. The molecule has 7 heteroatoms. The Morgan fingerprint density at radius 3 is 2.60 bits per heavy atom. The lowest BCUT2D eigenvalue weighted by molar-refractivity contribution is -0.115. The predicted molar refractivity (Wildman–Crippen MR) is 77.1 cm³/mol. The molecule has 0 aromatic carbocycles. The number of thiazole rings is 1. The summed E-state index contributed by atoms with van der Waals surface area (Å²) in [5, 5.41) is 9.07. The van der Waals surface area contributed by atoms with Crippen LogP contribution >= 0.6 is 11.3 Å². The first kappa shape index (κ1) is 14.4. The molecule has 0 aliphatic carbocycles. The zero-order chi connectivity index (χ0) is 14.9. The highest BCUT2D eigenvalue weighted by Crippen LogP contribution is 2.17. The summed E-state index contributed by atoms with van der Waals surface area (Å²) < 4.78 is 1.76. The van der Waals surface area contributed by atoms with Crippen LogP contribution in [-0.2, 0) is 18.3 Å². The minimum absolute atomic E-state index is 0.110. The SMILES string of the molecule is CC(=O)c1csc(NC(=O)Cc2c(C)nn(C)c2C)n1. The Labute approximate surface area is 120 Å². The van der Waals surface area contributed by atoms with Gasteiger partial charge >= 0.3 is 0 Å². The normalized spacial score (nSPS) is 10.6. The van der Waals surface area contributed by atoms with Crippen LogP contribution in [0.1, 0.15) is 34.4 Å². The second kappa shape index (κ2) is 5.54. The molecular weight excluding hydrogens is 276 g/mol. The van der Waals surface area contributed by atoms with Crippen molar-refractivity contribution in [2.45, 2.75) is 27.2 Å². The van der Waals surface area contributed by atoms with Gasteiger partial charge in [-0.05, 0) is 13.8 Å². The predicted octanol–water partition coefficient (Wildman–Crippen LogP) is 1.88. The molecule has 0 aliphatic heterocycles. The van der Waals surface area contributed by atoms with Gasteiger partial charge in [0.2, 0.25) is 5.91 Å². The number of hydrogen-bond acceptors (Lipinski definition) is 5. The molecule has 0 fully saturated rings. The highest BCUT2D eigenvalue weighted by Gasteiger charge is 2.15. The summed E-state index contributed by atoms with van der Waals surface area (Å²) in [5.41, 5.74) is 3.12. The van der Waals surface area contributed by atoms with E-state index in [0.29, 0.717) is 10.8 Å². The molecule has 2 aromatic heterocycles. The smallest absolute Gasteiger partial charge is 0.230 e. The maximum atomic E-state index is 12.0. The van der Waals surface area contributed by atoms with E-state index in [1.807, 2.05) is 20.9 Å². The monoisotopic (exact) mass is 292 g/mol. The number of amides is 1. The van der Waals surface area contributed by atoms with Gasteiger partial charge in [0.15, 0.2) is 10.9 Å². The van der Waals surface area contributed by atoms with E-state index in [4.69, 9.17) is 0 Å². The van der Waals surface area contributed by atoms with Crippen molar-refractivity contribution < 1.29 is 9.59 Å². The van der Waals surface area contributed by atoms with Crippen LogP contribution in [0.25, 0.3) is 0 Å². The van der Waals surface area contributed by atoms with Crippen molar-refractivity contribution in [1.82, 2.24) is 14.8 Å². The molecular formula is C13H16N4O2S. The minimum atomic E-state index is -0.159. The number of aromatic nitrogens is 3. The van der Waals surface area contributed by atoms with Gasteiger partial charge in [0.25, 0.3) is 0 Å². The zero-order valence-corrected chi connectivity index (χ0v) is 12.7. The van der Waals surface area contributed by atoms with E-state index in [9.17, 15) is 9.59 Å². The second-order valence-corrected chi connectivity index (χ2v) is 5.45. The van der Waals surface area contributed by atoms with Crippen molar-refractivity contribution in [3.05, 3.63) is 28.0 Å². The minimum Gasteiger partial charge on any atom is -0.302 e. The highest BCUT2D eigenvalue weighted by molar-refractivity contribution is 7.14. The number of anilines is 1. The Bertz CT molecular complexity index is 672. The van der Waals surface area contributed by atoms with Gasteiger partial charge in [-0.3, -0.25) is 14.3 Å². The Balaban J connectivity index is 2.07. The van der Waals surface area contributed by atoms with Crippen molar-refractivity contribution in [3.8, 4) is 0 Å². The third-order valence-electron chi connectivity index (χ3n) is 3.11. The van der Waals surface area contributed by atoms with Gasteiger partial charge in [0.1, 0.15) is 5.69 Å². The lowest BCUT2D eigenvalue weighted by atomic mass is 10.1. The van der Waals surface area contributed by atoms with Crippen LogP contribution in [0, 0.1) is 13.8 Å². The van der Waals surface area contributed by atoms with Crippen molar-refractivity contribution in [3.63, 3.8) is 0 Å². The Hall–Kier alpha value is -2.02. The molecule has 2 heterocycles. The fraction of sp³-hybridized carbons (Fsp3) is 0.385. The number of Topliss-reactive ketones (excluding diaryl/α,β-unsaturated/α-hetero) is 1. The second-order valence-electron chi connectivity index (χ2n) is 4.59. The van der Waals surface area contributed by atoms with E-state index in [1.54, 1.807) is 10.1 Å². The number of nitrogens with zero attached hydrogens (tertiary/aromatic N) is 3. The molecule has 2 rings (SSSR count). The Kier molecular flexibility index (Phi) is 3.99. The van der Waals surface area contributed by atoms with E-state index in [2.05, 4.69) is 15.4 Å². The van der Waals surface area contributed by atoms with E-state index in [0.717, 1.165) is 17.0 Å². The lowest BCUT2D eigenvalue weighted by Gasteiger charge is -2.02. The summed E-state index contributed by atoms with van der Waals surface area (Å²) >= 11 is 1.25. The standard InChI is InChI=1S/C13H16N4O2S/c1-7-10(8(2)17(4)16-7)5-12(19)15-13-14-11(6-20-13)9(3)18/h6H,5H2,1-4H3,(H,14,15,19). The summed E-state index contributed by atoms with van der Waals surface area (Å²) in [7, 11) is 1.85. The summed E-state index contributed by atoms with van der Waals surface area (Å²) in [4.78, 5) is 27.2. The van der Waals surface area contributed by atoms with Gasteiger partial charge in [-0.2, -0.15) is 5.10 Å². The molecule has 2 aromatic rings. The first-order valence-electron chi connectivity index (χ1n) is 6.14. The fourth-order valence-corrected chi connectivity index (χ4v) is 2.66. The number of rotatable bonds is 4. The van der Waals surface area contributed by atoms with Crippen LogP contribution in [-0.4, -0.2) is 26.5 Å². The number of nitrogens with one attached hydrogen (secondary N) is 1. The molecule has 0 unspecified atom stereocenters. The summed E-state index contributed by atoms with van der Waals surface area (Å²) in [5.74, 6) is -0.269. The number of ketones is 1. The van der Waals surface area contributed by atoms with E-state index >= 15 is 0 Å². The molecule has 1 N–H and O–H groups in total. The first-order chi connectivity index (χ1) is 9.38. The molecule has 0 aliphatic rings. The summed E-state index contributed by atoms with van der Waals surface area (Å²) in [6.45, 7) is 5.26. The Morgan fingerprint density at radius 1 is 1.40 bits per heavy atom. The van der Waals surface area contributed by atoms with Crippen molar-refractivity contribution in [2.24, 2.45) is 7.05 Å². The highest BCUT2D eigenvalue weighted by atomic mass is 32.1. The van der Waals surface area contributed by atoms with Crippen LogP contribution in [0.5, 0.6) is 0 Å². The molecule has 0 radical (unpaired) electrons. The molecule has 20 heavy (non-hydrogen) atoms. The van der Waals surface area contributed by atoms with E-state index in [1.165, 1.54) is 18.3 Å². The van der Waals surface area contributed by atoms with Crippen LogP contribution in [0.4, 0.5) is 5.13 Å². The average Bonchev–Trinajstić information content (AvgIpc) is 2.91. The number of carbonyl (C=O) groups excluding carboxylic acids is 2. The van der Waals surface area contributed by atoms with Crippen LogP contribution in [0.2, 0.25) is 0 Å². The van der Waals surface area contributed by atoms with Crippen molar-refractivity contribution in [2.75, 3.05) is 5.32 Å². The van der Waals surface area contributed by atoms with Gasteiger partial charge in [-0.25, -0.2) is 4.98 Å². The maximum Gasteiger partial charge on any atom is 0.230 e. The van der Waals surface area contributed by atoms with Gasteiger partial charge in [0, 0.05) is 30.6 Å². The average molecular weight is 292 g/mol. The third-order valence-corrected chi connectivity index (χ3v) is 3.87. The van der Waals surface area contributed by atoms with Gasteiger partial charge in [-0.1, -0.05) is 0 Å². The van der Waals surface area contributed by atoms with Gasteiger partial charge < -0.3 is 5.32 Å². The number of carbonyl (C=O) groups is 2. The lowest BCUT2D eigenvalue weighted by Crippen LogP contribution is -2.15. The topological polar surface area (TPSA) is 76.9 Å². The summed E-state index contributed by atoms with van der Waals surface area (Å²) in [6, 6.07) is 0. The van der Waals surface area contributed by atoms with Crippen molar-refractivity contribution in [1.29, 1.82) is 0 Å². The fourth-order valence-electron chi connectivity index (χ4n) is 1.89. The molecule has 0 bridgehead atoms. The van der Waals surface area contributed by atoms with Gasteiger partial charge in [-0.15, -0.1) is 11.3 Å². The molecule has 0 saturated carbocycles. The largest absolute Gasteiger partial charge is 0.302 e.